The second-order valence-electron chi connectivity index (χ2n) is 5.08. The van der Waals surface area contributed by atoms with Gasteiger partial charge in [-0.3, -0.25) is 0 Å². The van der Waals surface area contributed by atoms with Crippen LogP contribution >= 0.6 is 11.6 Å². The summed E-state index contributed by atoms with van der Waals surface area (Å²) in [6, 6.07) is 6.05. The summed E-state index contributed by atoms with van der Waals surface area (Å²) in [5, 5.41) is 3.97. The molecular weight excluding hydrogens is 246 g/mol. The van der Waals surface area contributed by atoms with E-state index in [0.717, 1.165) is 35.3 Å². The molecule has 0 fully saturated rings. The lowest BCUT2D eigenvalue weighted by Gasteiger charge is -2.17. The van der Waals surface area contributed by atoms with Gasteiger partial charge in [-0.05, 0) is 50.9 Å². The summed E-state index contributed by atoms with van der Waals surface area (Å²) in [6.45, 7) is 7.34. The monoisotopic (exact) mass is 269 g/mol. The summed E-state index contributed by atoms with van der Waals surface area (Å²) < 4.78 is 5.87. The third kappa shape index (κ3) is 4.87. The van der Waals surface area contributed by atoms with Crippen LogP contribution in [0.15, 0.2) is 18.2 Å². The van der Waals surface area contributed by atoms with Crippen LogP contribution in [0.4, 0.5) is 0 Å². The van der Waals surface area contributed by atoms with E-state index in [4.69, 9.17) is 16.3 Å². The first-order valence-corrected chi connectivity index (χ1v) is 7.02. The molecule has 0 amide bonds. The maximum absolute atomic E-state index is 6.04. The van der Waals surface area contributed by atoms with Crippen LogP contribution in [0.25, 0.3) is 0 Å². The SMILES string of the molecule is CNC(C)c1cc(Cl)ccc1OCCCC(C)C. The fourth-order valence-electron chi connectivity index (χ4n) is 1.82. The van der Waals surface area contributed by atoms with Crippen LogP contribution in [-0.2, 0) is 0 Å². The van der Waals surface area contributed by atoms with Crippen molar-refractivity contribution in [2.24, 2.45) is 5.92 Å². The highest BCUT2D eigenvalue weighted by molar-refractivity contribution is 6.30. The molecule has 3 heteroatoms. The summed E-state index contributed by atoms with van der Waals surface area (Å²) in [5.74, 6) is 1.67. The van der Waals surface area contributed by atoms with Crippen LogP contribution in [0.2, 0.25) is 5.02 Å². The van der Waals surface area contributed by atoms with E-state index in [-0.39, 0.29) is 6.04 Å². The molecule has 18 heavy (non-hydrogen) atoms. The predicted octanol–water partition coefficient (Wildman–Crippen LogP) is 4.44. The summed E-state index contributed by atoms with van der Waals surface area (Å²) in [5.41, 5.74) is 1.12. The zero-order valence-electron chi connectivity index (χ0n) is 11.8. The minimum Gasteiger partial charge on any atom is -0.493 e. The first-order valence-electron chi connectivity index (χ1n) is 6.64. The molecule has 1 rings (SSSR count). The molecule has 2 nitrogen and oxygen atoms in total. The number of rotatable bonds is 7. The molecule has 0 aliphatic rings. The Bertz CT molecular complexity index is 366. The Morgan fingerprint density at radius 3 is 2.61 bits per heavy atom. The van der Waals surface area contributed by atoms with Gasteiger partial charge in [0.2, 0.25) is 0 Å². The van der Waals surface area contributed by atoms with E-state index < -0.39 is 0 Å². The summed E-state index contributed by atoms with van der Waals surface area (Å²) >= 11 is 6.04. The Labute approximate surface area is 116 Å². The van der Waals surface area contributed by atoms with Gasteiger partial charge in [0, 0.05) is 16.6 Å². The molecule has 0 bridgehead atoms. The lowest BCUT2D eigenvalue weighted by molar-refractivity contribution is 0.293. The van der Waals surface area contributed by atoms with Gasteiger partial charge in [0.1, 0.15) is 5.75 Å². The van der Waals surface area contributed by atoms with Gasteiger partial charge >= 0.3 is 0 Å². The Morgan fingerprint density at radius 1 is 1.28 bits per heavy atom. The van der Waals surface area contributed by atoms with Crippen LogP contribution in [-0.4, -0.2) is 13.7 Å². The number of hydrogen-bond donors (Lipinski definition) is 1. The largest absolute Gasteiger partial charge is 0.493 e. The van der Waals surface area contributed by atoms with E-state index in [9.17, 15) is 0 Å². The van der Waals surface area contributed by atoms with Gasteiger partial charge in [0.05, 0.1) is 6.61 Å². The number of nitrogens with one attached hydrogen (secondary N) is 1. The normalized spacial score (nSPS) is 12.8. The number of benzene rings is 1. The molecule has 0 spiro atoms. The van der Waals surface area contributed by atoms with Crippen LogP contribution < -0.4 is 10.1 Å². The standard InChI is InChI=1S/C15H24ClNO/c1-11(2)6-5-9-18-15-8-7-13(16)10-14(15)12(3)17-4/h7-8,10-12,17H,5-6,9H2,1-4H3. The fraction of sp³-hybridized carbons (Fsp3) is 0.600. The Balaban J connectivity index is 2.63. The minimum atomic E-state index is 0.240. The van der Waals surface area contributed by atoms with E-state index in [2.05, 4.69) is 26.1 Å². The van der Waals surface area contributed by atoms with Crippen molar-refractivity contribution < 1.29 is 4.74 Å². The van der Waals surface area contributed by atoms with Crippen molar-refractivity contribution in [3.63, 3.8) is 0 Å². The van der Waals surface area contributed by atoms with E-state index in [1.165, 1.54) is 6.42 Å². The van der Waals surface area contributed by atoms with Crippen molar-refractivity contribution in [1.82, 2.24) is 5.32 Å². The second-order valence-corrected chi connectivity index (χ2v) is 5.51. The molecule has 0 saturated carbocycles. The highest BCUT2D eigenvalue weighted by Crippen LogP contribution is 2.28. The maximum atomic E-state index is 6.04. The van der Waals surface area contributed by atoms with Gasteiger partial charge in [0.25, 0.3) is 0 Å². The first kappa shape index (κ1) is 15.3. The second kappa shape index (κ2) is 7.65. The zero-order chi connectivity index (χ0) is 13.5. The van der Waals surface area contributed by atoms with Gasteiger partial charge in [0.15, 0.2) is 0 Å². The molecular formula is C15H24ClNO. The van der Waals surface area contributed by atoms with Crippen LogP contribution in [0.3, 0.4) is 0 Å². The van der Waals surface area contributed by atoms with Crippen molar-refractivity contribution in [1.29, 1.82) is 0 Å². The van der Waals surface area contributed by atoms with Gasteiger partial charge in [-0.2, -0.15) is 0 Å². The van der Waals surface area contributed by atoms with Crippen molar-refractivity contribution in [3.8, 4) is 5.75 Å². The molecule has 0 aliphatic carbocycles. The summed E-state index contributed by atoms with van der Waals surface area (Å²) in [7, 11) is 1.94. The highest BCUT2D eigenvalue weighted by atomic mass is 35.5. The zero-order valence-corrected chi connectivity index (χ0v) is 12.6. The van der Waals surface area contributed by atoms with E-state index in [0.29, 0.717) is 0 Å². The Morgan fingerprint density at radius 2 is 2.00 bits per heavy atom. The van der Waals surface area contributed by atoms with Crippen LogP contribution in [0.1, 0.15) is 45.2 Å². The van der Waals surface area contributed by atoms with E-state index in [1.54, 1.807) is 0 Å². The molecule has 1 unspecified atom stereocenters. The molecule has 1 aromatic carbocycles. The Hall–Kier alpha value is -0.730. The minimum absolute atomic E-state index is 0.240. The maximum Gasteiger partial charge on any atom is 0.124 e. The van der Waals surface area contributed by atoms with Crippen molar-refractivity contribution in [2.75, 3.05) is 13.7 Å². The lowest BCUT2D eigenvalue weighted by Crippen LogP contribution is -2.14. The van der Waals surface area contributed by atoms with E-state index >= 15 is 0 Å². The molecule has 0 heterocycles. The molecule has 0 radical (unpaired) electrons. The molecule has 0 saturated heterocycles. The number of hydrogen-bond acceptors (Lipinski definition) is 2. The topological polar surface area (TPSA) is 21.3 Å². The summed E-state index contributed by atoms with van der Waals surface area (Å²) in [6.07, 6.45) is 2.29. The van der Waals surface area contributed by atoms with Crippen molar-refractivity contribution in [2.45, 2.75) is 39.7 Å². The van der Waals surface area contributed by atoms with Gasteiger partial charge in [-0.25, -0.2) is 0 Å². The molecule has 1 atom stereocenters. The average molecular weight is 270 g/mol. The van der Waals surface area contributed by atoms with Crippen molar-refractivity contribution >= 4 is 11.6 Å². The number of ether oxygens (including phenoxy) is 1. The smallest absolute Gasteiger partial charge is 0.124 e. The average Bonchev–Trinajstić information content (AvgIpc) is 2.34. The molecule has 0 aromatic heterocycles. The molecule has 0 aliphatic heterocycles. The molecule has 1 N–H and O–H groups in total. The van der Waals surface area contributed by atoms with Gasteiger partial charge < -0.3 is 10.1 Å². The van der Waals surface area contributed by atoms with Crippen molar-refractivity contribution in [3.05, 3.63) is 28.8 Å². The Kier molecular flexibility index (Phi) is 6.51. The van der Waals surface area contributed by atoms with E-state index in [1.807, 2.05) is 25.2 Å². The fourth-order valence-corrected chi connectivity index (χ4v) is 2.00. The highest BCUT2D eigenvalue weighted by Gasteiger charge is 2.10. The number of halogens is 1. The van der Waals surface area contributed by atoms with Crippen LogP contribution in [0, 0.1) is 5.92 Å². The first-order chi connectivity index (χ1) is 8.54. The van der Waals surface area contributed by atoms with Gasteiger partial charge in [-0.1, -0.05) is 25.4 Å². The summed E-state index contributed by atoms with van der Waals surface area (Å²) in [4.78, 5) is 0. The quantitative estimate of drug-likeness (QED) is 0.739. The van der Waals surface area contributed by atoms with Crippen LogP contribution in [0.5, 0.6) is 5.75 Å². The predicted molar refractivity (Wildman–Crippen MR) is 78.5 cm³/mol. The third-order valence-electron chi connectivity index (χ3n) is 3.05. The molecule has 1 aromatic rings. The van der Waals surface area contributed by atoms with Gasteiger partial charge in [-0.15, -0.1) is 0 Å². The third-order valence-corrected chi connectivity index (χ3v) is 3.29. The lowest BCUT2D eigenvalue weighted by atomic mass is 10.1. The molecule has 102 valence electrons.